The van der Waals surface area contributed by atoms with E-state index in [9.17, 15) is 9.59 Å². The van der Waals surface area contributed by atoms with Gasteiger partial charge in [-0.3, -0.25) is 4.79 Å². The van der Waals surface area contributed by atoms with Crippen LogP contribution in [0.3, 0.4) is 0 Å². The normalized spacial score (nSPS) is 10.6. The van der Waals surface area contributed by atoms with Crippen molar-refractivity contribution in [3.8, 4) is 11.5 Å². The smallest absolute Gasteiger partial charge is 0.336 e. The SMILES string of the molecule is CCOc1ccc(Br)cc1/C=C/C(=O)Oc1ccc(C(C)=O)cc1. The van der Waals surface area contributed by atoms with E-state index in [1.165, 1.54) is 13.0 Å². The van der Waals surface area contributed by atoms with Crippen LogP contribution < -0.4 is 9.47 Å². The summed E-state index contributed by atoms with van der Waals surface area (Å²) in [6, 6.07) is 12.0. The molecule has 0 bridgehead atoms. The number of hydrogen-bond acceptors (Lipinski definition) is 4. The van der Waals surface area contributed by atoms with E-state index >= 15 is 0 Å². The van der Waals surface area contributed by atoms with Gasteiger partial charge in [-0.2, -0.15) is 0 Å². The number of benzene rings is 2. The number of ketones is 1. The predicted octanol–water partition coefficient (Wildman–Crippen LogP) is 4.67. The Hall–Kier alpha value is -2.40. The van der Waals surface area contributed by atoms with Crippen molar-refractivity contribution in [3.63, 3.8) is 0 Å². The van der Waals surface area contributed by atoms with Crippen molar-refractivity contribution in [3.05, 3.63) is 64.1 Å². The molecule has 0 N–H and O–H groups in total. The molecule has 0 spiro atoms. The van der Waals surface area contributed by atoms with Crippen LogP contribution in [0.5, 0.6) is 11.5 Å². The largest absolute Gasteiger partial charge is 0.493 e. The maximum absolute atomic E-state index is 11.9. The maximum atomic E-state index is 11.9. The lowest BCUT2D eigenvalue weighted by atomic mass is 10.1. The van der Waals surface area contributed by atoms with Gasteiger partial charge in [0.1, 0.15) is 11.5 Å². The average molecular weight is 389 g/mol. The molecule has 2 aromatic rings. The van der Waals surface area contributed by atoms with Crippen molar-refractivity contribution < 1.29 is 19.1 Å². The Bertz CT molecular complexity index is 763. The van der Waals surface area contributed by atoms with Crippen LogP contribution in [0.25, 0.3) is 6.08 Å². The first-order valence-electron chi connectivity index (χ1n) is 7.43. The van der Waals surface area contributed by atoms with Gasteiger partial charge in [0.25, 0.3) is 0 Å². The fraction of sp³-hybridized carbons (Fsp3) is 0.158. The van der Waals surface area contributed by atoms with E-state index in [1.54, 1.807) is 30.3 Å². The second-order valence-electron chi connectivity index (χ2n) is 4.95. The Morgan fingerprint density at radius 2 is 1.83 bits per heavy atom. The molecular formula is C19H17BrO4. The van der Waals surface area contributed by atoms with Gasteiger partial charge in [-0.1, -0.05) is 15.9 Å². The number of Topliss-reactive ketones (excluding diaryl/α,β-unsaturated/α-hetero) is 1. The van der Waals surface area contributed by atoms with Crippen LogP contribution in [-0.2, 0) is 4.79 Å². The Labute approximate surface area is 149 Å². The molecule has 24 heavy (non-hydrogen) atoms. The summed E-state index contributed by atoms with van der Waals surface area (Å²) in [5.74, 6) is 0.531. The molecule has 0 atom stereocenters. The van der Waals surface area contributed by atoms with Crippen LogP contribution in [0.2, 0.25) is 0 Å². The minimum Gasteiger partial charge on any atom is -0.493 e. The second kappa shape index (κ2) is 8.45. The van der Waals surface area contributed by atoms with E-state index < -0.39 is 5.97 Å². The number of carbonyl (C=O) groups excluding carboxylic acids is 2. The summed E-state index contributed by atoms with van der Waals surface area (Å²) < 4.78 is 11.6. The molecule has 4 nitrogen and oxygen atoms in total. The maximum Gasteiger partial charge on any atom is 0.336 e. The van der Waals surface area contributed by atoms with Gasteiger partial charge in [0.2, 0.25) is 0 Å². The molecule has 0 heterocycles. The van der Waals surface area contributed by atoms with Crippen LogP contribution in [0, 0.1) is 0 Å². The predicted molar refractivity (Wildman–Crippen MR) is 96.4 cm³/mol. The average Bonchev–Trinajstić information content (AvgIpc) is 2.55. The number of carbonyl (C=O) groups is 2. The zero-order valence-electron chi connectivity index (χ0n) is 13.4. The van der Waals surface area contributed by atoms with Crippen molar-refractivity contribution in [2.75, 3.05) is 6.61 Å². The fourth-order valence-electron chi connectivity index (χ4n) is 2.00. The number of hydrogen-bond donors (Lipinski definition) is 0. The molecule has 124 valence electrons. The van der Waals surface area contributed by atoms with E-state index in [-0.39, 0.29) is 5.78 Å². The number of halogens is 1. The highest BCUT2D eigenvalue weighted by atomic mass is 79.9. The van der Waals surface area contributed by atoms with Gasteiger partial charge in [0.15, 0.2) is 5.78 Å². The van der Waals surface area contributed by atoms with Crippen LogP contribution >= 0.6 is 15.9 Å². The van der Waals surface area contributed by atoms with Crippen molar-refractivity contribution in [1.82, 2.24) is 0 Å². The summed E-state index contributed by atoms with van der Waals surface area (Å²) in [4.78, 5) is 23.1. The first-order valence-corrected chi connectivity index (χ1v) is 8.22. The molecule has 5 heteroatoms. The second-order valence-corrected chi connectivity index (χ2v) is 5.87. The number of ether oxygens (including phenoxy) is 2. The molecule has 0 aliphatic carbocycles. The van der Waals surface area contributed by atoms with Gasteiger partial charge in [-0.05, 0) is 62.4 Å². The lowest BCUT2D eigenvalue weighted by Gasteiger charge is -2.07. The summed E-state index contributed by atoms with van der Waals surface area (Å²) in [7, 11) is 0. The molecule has 0 saturated carbocycles. The van der Waals surface area contributed by atoms with E-state index in [0.29, 0.717) is 23.7 Å². The molecule has 0 aliphatic rings. The van der Waals surface area contributed by atoms with Gasteiger partial charge in [0, 0.05) is 21.7 Å². The first-order chi connectivity index (χ1) is 11.5. The van der Waals surface area contributed by atoms with E-state index in [4.69, 9.17) is 9.47 Å². The summed E-state index contributed by atoms with van der Waals surface area (Å²) in [6.07, 6.45) is 2.98. The lowest BCUT2D eigenvalue weighted by Crippen LogP contribution is -2.04. The minimum absolute atomic E-state index is 0.0362. The Morgan fingerprint density at radius 3 is 2.46 bits per heavy atom. The summed E-state index contributed by atoms with van der Waals surface area (Å²) in [5.41, 5.74) is 1.34. The third-order valence-electron chi connectivity index (χ3n) is 3.15. The van der Waals surface area contributed by atoms with E-state index in [0.717, 1.165) is 10.0 Å². The molecule has 0 saturated heterocycles. The van der Waals surface area contributed by atoms with Gasteiger partial charge in [-0.25, -0.2) is 4.79 Å². The van der Waals surface area contributed by atoms with Gasteiger partial charge >= 0.3 is 5.97 Å². The quantitative estimate of drug-likeness (QED) is 0.312. The molecule has 0 amide bonds. The van der Waals surface area contributed by atoms with Gasteiger partial charge in [0.05, 0.1) is 6.61 Å². The zero-order valence-corrected chi connectivity index (χ0v) is 15.0. The number of esters is 1. The standard InChI is InChI=1S/C19H17BrO4/c1-3-23-18-10-7-16(20)12-15(18)6-11-19(22)24-17-8-4-14(5-9-17)13(2)21/h4-12H,3H2,1-2H3/b11-6+. The van der Waals surface area contributed by atoms with Crippen molar-refractivity contribution in [1.29, 1.82) is 0 Å². The van der Waals surface area contributed by atoms with Crippen molar-refractivity contribution in [2.24, 2.45) is 0 Å². The monoisotopic (exact) mass is 388 g/mol. The Balaban J connectivity index is 2.07. The molecule has 2 rings (SSSR count). The highest BCUT2D eigenvalue weighted by molar-refractivity contribution is 9.10. The minimum atomic E-state index is -0.506. The molecule has 0 aliphatic heterocycles. The van der Waals surface area contributed by atoms with Gasteiger partial charge in [-0.15, -0.1) is 0 Å². The fourth-order valence-corrected chi connectivity index (χ4v) is 2.38. The molecule has 0 radical (unpaired) electrons. The first kappa shape index (κ1) is 17.9. The molecular weight excluding hydrogens is 372 g/mol. The highest BCUT2D eigenvalue weighted by Crippen LogP contribution is 2.24. The van der Waals surface area contributed by atoms with Crippen LogP contribution in [0.15, 0.2) is 53.0 Å². The van der Waals surface area contributed by atoms with Gasteiger partial charge < -0.3 is 9.47 Å². The van der Waals surface area contributed by atoms with Crippen LogP contribution in [0.1, 0.15) is 29.8 Å². The van der Waals surface area contributed by atoms with Crippen LogP contribution in [0.4, 0.5) is 0 Å². The van der Waals surface area contributed by atoms with Crippen molar-refractivity contribution >= 4 is 33.8 Å². The topological polar surface area (TPSA) is 52.6 Å². The molecule has 2 aromatic carbocycles. The Kier molecular flexibility index (Phi) is 6.32. The summed E-state index contributed by atoms with van der Waals surface area (Å²) in [6.45, 7) is 3.92. The van der Waals surface area contributed by atoms with Crippen molar-refractivity contribution in [2.45, 2.75) is 13.8 Å². The lowest BCUT2D eigenvalue weighted by molar-refractivity contribution is -0.128. The summed E-state index contributed by atoms with van der Waals surface area (Å²) in [5, 5.41) is 0. The third-order valence-corrected chi connectivity index (χ3v) is 3.64. The highest BCUT2D eigenvalue weighted by Gasteiger charge is 2.05. The number of rotatable bonds is 6. The molecule has 0 aromatic heterocycles. The Morgan fingerprint density at radius 1 is 1.12 bits per heavy atom. The van der Waals surface area contributed by atoms with E-state index in [1.807, 2.05) is 25.1 Å². The zero-order chi connectivity index (χ0) is 17.5. The third kappa shape index (κ3) is 5.06. The van der Waals surface area contributed by atoms with E-state index in [2.05, 4.69) is 15.9 Å². The summed E-state index contributed by atoms with van der Waals surface area (Å²) >= 11 is 3.39. The molecule has 0 unspecified atom stereocenters. The molecule has 0 fully saturated rings. The van der Waals surface area contributed by atoms with Crippen LogP contribution in [-0.4, -0.2) is 18.4 Å².